The number of rotatable bonds is 2. The minimum absolute atomic E-state index is 0.426. The molecule has 2 rings (SSSR count). The van der Waals surface area contributed by atoms with Crippen LogP contribution in [0.5, 0.6) is 0 Å². The van der Waals surface area contributed by atoms with E-state index in [0.717, 1.165) is 6.61 Å². The highest BCUT2D eigenvalue weighted by molar-refractivity contribution is 9.09. The molecule has 0 aliphatic carbocycles. The maximum Gasteiger partial charge on any atom is 0.0551 e. The molecule has 1 nitrogen and oxygen atoms in total. The van der Waals surface area contributed by atoms with Crippen molar-refractivity contribution < 1.29 is 4.74 Å². The maximum absolute atomic E-state index is 5.63. The summed E-state index contributed by atoms with van der Waals surface area (Å²) >= 11 is 5.72. The van der Waals surface area contributed by atoms with Crippen LogP contribution < -0.4 is 0 Å². The molecule has 0 radical (unpaired) electrons. The molecule has 0 N–H and O–H groups in total. The molecule has 1 aromatic rings. The van der Waals surface area contributed by atoms with E-state index >= 15 is 0 Å². The first-order chi connectivity index (χ1) is 7.08. The highest BCUT2D eigenvalue weighted by Gasteiger charge is 2.30. The lowest BCUT2D eigenvalue weighted by molar-refractivity contribution is 0.120. The second-order valence-corrected chi connectivity index (χ2v) is 6.86. The summed E-state index contributed by atoms with van der Waals surface area (Å²) in [4.78, 5) is 3.31. The van der Waals surface area contributed by atoms with Crippen molar-refractivity contribution in [2.24, 2.45) is 5.92 Å². The fraction of sp³-hybridized carbons (Fsp3) is 0.667. The molecule has 3 atom stereocenters. The van der Waals surface area contributed by atoms with Crippen molar-refractivity contribution in [3.05, 3.63) is 21.4 Å². The Morgan fingerprint density at radius 1 is 1.53 bits per heavy atom. The third kappa shape index (κ3) is 2.45. The normalized spacial score (nSPS) is 28.3. The maximum atomic E-state index is 5.63. The van der Waals surface area contributed by atoms with Gasteiger partial charge in [-0.1, -0.05) is 15.9 Å². The predicted molar refractivity (Wildman–Crippen MR) is 69.0 cm³/mol. The minimum atomic E-state index is 0.426. The number of hydrogen-bond acceptors (Lipinski definition) is 2. The molecule has 0 aromatic carbocycles. The third-order valence-corrected chi connectivity index (χ3v) is 5.24. The van der Waals surface area contributed by atoms with Crippen molar-refractivity contribution >= 4 is 27.3 Å². The van der Waals surface area contributed by atoms with Crippen LogP contribution in [0.2, 0.25) is 0 Å². The van der Waals surface area contributed by atoms with Gasteiger partial charge in [0.25, 0.3) is 0 Å². The summed E-state index contributed by atoms with van der Waals surface area (Å²) in [6.07, 6.45) is 1.60. The molecular weight excluding hydrogens is 272 g/mol. The van der Waals surface area contributed by atoms with Gasteiger partial charge in [0.1, 0.15) is 0 Å². The SMILES string of the molecule is Cc1cc(C(Br)C2COC(C)C2)c(C)s1. The molecular formula is C12H17BrOS. The Morgan fingerprint density at radius 2 is 2.27 bits per heavy atom. The first kappa shape index (κ1) is 11.6. The molecule has 0 bridgehead atoms. The van der Waals surface area contributed by atoms with Gasteiger partial charge in [0.2, 0.25) is 0 Å². The first-order valence-electron chi connectivity index (χ1n) is 5.40. The van der Waals surface area contributed by atoms with Gasteiger partial charge in [-0.2, -0.15) is 0 Å². The lowest BCUT2D eigenvalue weighted by atomic mass is 9.97. The van der Waals surface area contributed by atoms with E-state index in [-0.39, 0.29) is 0 Å². The monoisotopic (exact) mass is 288 g/mol. The van der Waals surface area contributed by atoms with E-state index in [1.807, 2.05) is 11.3 Å². The topological polar surface area (TPSA) is 9.23 Å². The molecule has 3 unspecified atom stereocenters. The summed E-state index contributed by atoms with van der Waals surface area (Å²) in [5.41, 5.74) is 1.46. The average molecular weight is 289 g/mol. The van der Waals surface area contributed by atoms with Crippen LogP contribution in [0.25, 0.3) is 0 Å². The molecule has 1 aliphatic rings. The number of thiophene rings is 1. The van der Waals surface area contributed by atoms with E-state index in [4.69, 9.17) is 4.74 Å². The van der Waals surface area contributed by atoms with Crippen molar-refractivity contribution in [3.63, 3.8) is 0 Å². The summed E-state index contributed by atoms with van der Waals surface area (Å²) in [5.74, 6) is 0.632. The number of halogens is 1. The quantitative estimate of drug-likeness (QED) is 0.740. The van der Waals surface area contributed by atoms with Crippen LogP contribution in [0, 0.1) is 19.8 Å². The lowest BCUT2D eigenvalue weighted by Gasteiger charge is -2.15. The van der Waals surface area contributed by atoms with Gasteiger partial charge in [0, 0.05) is 20.5 Å². The fourth-order valence-corrected chi connectivity index (χ4v) is 4.20. The van der Waals surface area contributed by atoms with Crippen molar-refractivity contribution in [1.82, 2.24) is 0 Å². The largest absolute Gasteiger partial charge is 0.378 e. The Bertz CT molecular complexity index is 347. The zero-order valence-corrected chi connectivity index (χ0v) is 11.8. The molecule has 84 valence electrons. The molecule has 0 amide bonds. The number of ether oxygens (including phenoxy) is 1. The predicted octanol–water partition coefficient (Wildman–Crippen LogP) is 4.23. The van der Waals surface area contributed by atoms with Gasteiger partial charge in [-0.3, -0.25) is 0 Å². The molecule has 15 heavy (non-hydrogen) atoms. The Morgan fingerprint density at radius 3 is 2.73 bits per heavy atom. The Hall–Kier alpha value is 0.140. The van der Waals surface area contributed by atoms with Gasteiger partial charge in [0.15, 0.2) is 0 Å². The summed E-state index contributed by atoms with van der Waals surface area (Å²) in [5, 5.41) is 0. The molecule has 1 aromatic heterocycles. The summed E-state index contributed by atoms with van der Waals surface area (Å²) in [6.45, 7) is 7.44. The van der Waals surface area contributed by atoms with Gasteiger partial charge in [0.05, 0.1) is 12.7 Å². The van der Waals surface area contributed by atoms with Crippen molar-refractivity contribution in [2.45, 2.75) is 38.1 Å². The van der Waals surface area contributed by atoms with Gasteiger partial charge in [-0.05, 0) is 38.8 Å². The minimum Gasteiger partial charge on any atom is -0.378 e. The molecule has 2 heterocycles. The molecule has 0 spiro atoms. The summed E-state index contributed by atoms with van der Waals surface area (Å²) in [6, 6.07) is 2.31. The third-order valence-electron chi connectivity index (χ3n) is 3.02. The highest BCUT2D eigenvalue weighted by atomic mass is 79.9. The van der Waals surface area contributed by atoms with Crippen LogP contribution >= 0.6 is 27.3 Å². The smallest absolute Gasteiger partial charge is 0.0551 e. The van der Waals surface area contributed by atoms with E-state index in [0.29, 0.717) is 16.8 Å². The Kier molecular flexibility index (Phi) is 3.53. The number of alkyl halides is 1. The van der Waals surface area contributed by atoms with Crippen LogP contribution in [0.4, 0.5) is 0 Å². The van der Waals surface area contributed by atoms with Gasteiger partial charge in [-0.25, -0.2) is 0 Å². The van der Waals surface area contributed by atoms with Gasteiger partial charge in [-0.15, -0.1) is 11.3 Å². The van der Waals surface area contributed by atoms with Crippen LogP contribution in [0.3, 0.4) is 0 Å². The van der Waals surface area contributed by atoms with Crippen LogP contribution in [-0.2, 0) is 4.74 Å². The Balaban J connectivity index is 2.13. The zero-order valence-electron chi connectivity index (χ0n) is 9.42. The summed E-state index contributed by atoms with van der Waals surface area (Å²) in [7, 11) is 0. The van der Waals surface area contributed by atoms with Gasteiger partial charge >= 0.3 is 0 Å². The lowest BCUT2D eigenvalue weighted by Crippen LogP contribution is -2.07. The van der Waals surface area contributed by atoms with E-state index in [1.54, 1.807) is 0 Å². The van der Waals surface area contributed by atoms with E-state index in [9.17, 15) is 0 Å². The van der Waals surface area contributed by atoms with Gasteiger partial charge < -0.3 is 4.74 Å². The first-order valence-corrected chi connectivity index (χ1v) is 7.13. The molecule has 1 fully saturated rings. The van der Waals surface area contributed by atoms with Crippen molar-refractivity contribution in [3.8, 4) is 0 Å². The highest BCUT2D eigenvalue weighted by Crippen LogP contribution is 2.41. The van der Waals surface area contributed by atoms with Crippen molar-refractivity contribution in [1.29, 1.82) is 0 Å². The Labute approximate surface area is 104 Å². The zero-order chi connectivity index (χ0) is 11.0. The standard InChI is InChI=1S/C12H17BrOS/c1-7-4-10(6-14-7)12(13)11-5-8(2)15-9(11)3/h5,7,10,12H,4,6H2,1-3H3. The van der Waals surface area contributed by atoms with Crippen LogP contribution in [0.15, 0.2) is 6.07 Å². The van der Waals surface area contributed by atoms with E-state index in [1.165, 1.54) is 21.7 Å². The number of aryl methyl sites for hydroxylation is 2. The van der Waals surface area contributed by atoms with Crippen LogP contribution in [-0.4, -0.2) is 12.7 Å². The second kappa shape index (κ2) is 4.56. The van der Waals surface area contributed by atoms with E-state index < -0.39 is 0 Å². The van der Waals surface area contributed by atoms with Crippen molar-refractivity contribution in [2.75, 3.05) is 6.61 Å². The molecule has 1 aliphatic heterocycles. The molecule has 3 heteroatoms. The molecule has 1 saturated heterocycles. The number of hydrogen-bond donors (Lipinski definition) is 0. The fourth-order valence-electron chi connectivity index (χ4n) is 2.23. The molecule has 0 saturated carbocycles. The average Bonchev–Trinajstić information content (AvgIpc) is 2.71. The summed E-state index contributed by atoms with van der Waals surface area (Å²) < 4.78 is 5.63. The van der Waals surface area contributed by atoms with E-state index in [2.05, 4.69) is 42.8 Å². The second-order valence-electron chi connectivity index (χ2n) is 4.41. The van der Waals surface area contributed by atoms with Crippen LogP contribution in [0.1, 0.15) is 33.5 Å².